The molecule has 0 atom stereocenters. The summed E-state index contributed by atoms with van der Waals surface area (Å²) in [5.74, 6) is -2.11. The molecule has 4 nitrogen and oxygen atoms in total. The molecular formula is C19H23F2N3O. The van der Waals surface area contributed by atoms with Gasteiger partial charge in [-0.25, -0.2) is 8.78 Å². The van der Waals surface area contributed by atoms with Crippen LogP contribution < -0.4 is 15.5 Å². The molecule has 0 aliphatic rings. The van der Waals surface area contributed by atoms with Crippen molar-refractivity contribution in [3.8, 4) is 0 Å². The number of hydrogen-bond donors (Lipinski definition) is 2. The first kappa shape index (κ1) is 18.7. The van der Waals surface area contributed by atoms with E-state index in [1.54, 1.807) is 0 Å². The Balaban J connectivity index is 2.00. The van der Waals surface area contributed by atoms with Crippen molar-refractivity contribution >= 4 is 23.0 Å². The van der Waals surface area contributed by atoms with Gasteiger partial charge >= 0.3 is 0 Å². The van der Waals surface area contributed by atoms with E-state index in [4.69, 9.17) is 0 Å². The summed E-state index contributed by atoms with van der Waals surface area (Å²) >= 11 is 0. The third-order valence-corrected chi connectivity index (χ3v) is 4.01. The number of amides is 1. The van der Waals surface area contributed by atoms with Crippen molar-refractivity contribution in [3.63, 3.8) is 0 Å². The van der Waals surface area contributed by atoms with Crippen molar-refractivity contribution in [2.45, 2.75) is 20.8 Å². The maximum Gasteiger partial charge on any atom is 0.243 e. The van der Waals surface area contributed by atoms with E-state index in [0.717, 1.165) is 42.2 Å². The maximum absolute atomic E-state index is 13.5. The molecule has 25 heavy (non-hydrogen) atoms. The van der Waals surface area contributed by atoms with Crippen LogP contribution in [0.15, 0.2) is 36.4 Å². The first-order valence-electron chi connectivity index (χ1n) is 8.29. The molecular weight excluding hydrogens is 324 g/mol. The molecule has 0 bridgehead atoms. The van der Waals surface area contributed by atoms with Crippen LogP contribution in [0.4, 0.5) is 25.8 Å². The first-order chi connectivity index (χ1) is 12.0. The standard InChI is InChI=1S/C19H23F2N3O/c1-4-24(5-2)14-9-10-17(13(3)11-14)22-12-18(25)23-19-15(20)7-6-8-16(19)21/h6-11,22H,4-5,12H2,1-3H3,(H,23,25). The van der Waals surface area contributed by atoms with Gasteiger partial charge in [0.15, 0.2) is 0 Å². The fourth-order valence-electron chi connectivity index (χ4n) is 2.61. The van der Waals surface area contributed by atoms with Gasteiger partial charge in [0.25, 0.3) is 0 Å². The summed E-state index contributed by atoms with van der Waals surface area (Å²) in [6, 6.07) is 9.38. The second-order valence-corrected chi connectivity index (χ2v) is 5.67. The highest BCUT2D eigenvalue weighted by molar-refractivity contribution is 5.94. The summed E-state index contributed by atoms with van der Waals surface area (Å²) in [4.78, 5) is 14.2. The Morgan fingerprint density at radius 3 is 2.28 bits per heavy atom. The predicted molar refractivity (Wildman–Crippen MR) is 98.2 cm³/mol. The first-order valence-corrected chi connectivity index (χ1v) is 8.29. The Kier molecular flexibility index (Phi) is 6.33. The van der Waals surface area contributed by atoms with E-state index in [2.05, 4.69) is 29.4 Å². The highest BCUT2D eigenvalue weighted by Crippen LogP contribution is 2.23. The summed E-state index contributed by atoms with van der Waals surface area (Å²) in [6.45, 7) is 7.88. The van der Waals surface area contributed by atoms with Gasteiger partial charge in [-0.1, -0.05) is 6.07 Å². The third-order valence-electron chi connectivity index (χ3n) is 4.01. The van der Waals surface area contributed by atoms with Crippen LogP contribution in [0.2, 0.25) is 0 Å². The molecule has 0 spiro atoms. The van der Waals surface area contributed by atoms with Crippen molar-refractivity contribution < 1.29 is 13.6 Å². The molecule has 134 valence electrons. The number of para-hydroxylation sites is 1. The van der Waals surface area contributed by atoms with Gasteiger partial charge in [-0.15, -0.1) is 0 Å². The largest absolute Gasteiger partial charge is 0.376 e. The topological polar surface area (TPSA) is 44.4 Å². The molecule has 0 aliphatic heterocycles. The molecule has 0 saturated carbocycles. The van der Waals surface area contributed by atoms with E-state index in [1.165, 1.54) is 6.07 Å². The molecule has 0 aliphatic carbocycles. The fraction of sp³-hybridized carbons (Fsp3) is 0.316. The Labute approximate surface area is 146 Å². The van der Waals surface area contributed by atoms with E-state index in [0.29, 0.717) is 0 Å². The Hall–Kier alpha value is -2.63. The minimum atomic E-state index is -0.798. The van der Waals surface area contributed by atoms with Gasteiger partial charge < -0.3 is 15.5 Å². The van der Waals surface area contributed by atoms with Crippen molar-refractivity contribution in [1.29, 1.82) is 0 Å². The van der Waals surface area contributed by atoms with Crippen LogP contribution in [0, 0.1) is 18.6 Å². The predicted octanol–water partition coefficient (Wildman–Crippen LogP) is 4.17. The lowest BCUT2D eigenvalue weighted by Crippen LogP contribution is -2.24. The van der Waals surface area contributed by atoms with E-state index >= 15 is 0 Å². The van der Waals surface area contributed by atoms with Gasteiger partial charge in [-0.3, -0.25) is 4.79 Å². The van der Waals surface area contributed by atoms with Gasteiger partial charge in [0.05, 0.1) is 6.54 Å². The lowest BCUT2D eigenvalue weighted by molar-refractivity contribution is -0.114. The van der Waals surface area contributed by atoms with Gasteiger partial charge in [-0.2, -0.15) is 0 Å². The number of hydrogen-bond acceptors (Lipinski definition) is 3. The zero-order chi connectivity index (χ0) is 18.4. The van der Waals surface area contributed by atoms with E-state index in [1.807, 2.05) is 25.1 Å². The van der Waals surface area contributed by atoms with Crippen molar-refractivity contribution in [1.82, 2.24) is 0 Å². The number of benzene rings is 2. The van der Waals surface area contributed by atoms with Crippen LogP contribution in [0.3, 0.4) is 0 Å². The van der Waals surface area contributed by atoms with Crippen LogP contribution in [0.25, 0.3) is 0 Å². The maximum atomic E-state index is 13.5. The molecule has 6 heteroatoms. The number of nitrogens with one attached hydrogen (secondary N) is 2. The molecule has 1 amide bonds. The minimum Gasteiger partial charge on any atom is -0.376 e. The van der Waals surface area contributed by atoms with Gasteiger partial charge in [0, 0.05) is 24.5 Å². The monoisotopic (exact) mass is 347 g/mol. The van der Waals surface area contributed by atoms with Crippen LogP contribution in [-0.2, 0) is 4.79 Å². The highest BCUT2D eigenvalue weighted by Gasteiger charge is 2.12. The quantitative estimate of drug-likeness (QED) is 0.790. The SMILES string of the molecule is CCN(CC)c1ccc(NCC(=O)Nc2c(F)cccc2F)c(C)c1. The van der Waals surface area contributed by atoms with Crippen LogP contribution >= 0.6 is 0 Å². The van der Waals surface area contributed by atoms with Crippen molar-refractivity contribution in [2.75, 3.05) is 35.2 Å². The molecule has 2 aromatic rings. The third kappa shape index (κ3) is 4.68. The zero-order valence-corrected chi connectivity index (χ0v) is 14.7. The van der Waals surface area contributed by atoms with Gasteiger partial charge in [0.2, 0.25) is 5.91 Å². The van der Waals surface area contributed by atoms with Gasteiger partial charge in [-0.05, 0) is 56.7 Å². The Morgan fingerprint density at radius 2 is 1.72 bits per heavy atom. The number of anilines is 3. The summed E-state index contributed by atoms with van der Waals surface area (Å²) in [7, 11) is 0. The van der Waals surface area contributed by atoms with Gasteiger partial charge in [0.1, 0.15) is 17.3 Å². The number of aryl methyl sites for hydroxylation is 1. The number of halogens is 2. The Bertz CT molecular complexity index is 725. The average Bonchev–Trinajstić information content (AvgIpc) is 2.58. The van der Waals surface area contributed by atoms with E-state index < -0.39 is 23.2 Å². The van der Waals surface area contributed by atoms with Crippen LogP contribution in [0.1, 0.15) is 19.4 Å². The molecule has 2 rings (SSSR count). The molecule has 0 unspecified atom stereocenters. The highest BCUT2D eigenvalue weighted by atomic mass is 19.1. The molecule has 0 fully saturated rings. The Morgan fingerprint density at radius 1 is 1.08 bits per heavy atom. The fourth-order valence-corrected chi connectivity index (χ4v) is 2.61. The minimum absolute atomic E-state index is 0.0841. The summed E-state index contributed by atoms with van der Waals surface area (Å²) in [5.41, 5.74) is 2.49. The molecule has 0 radical (unpaired) electrons. The number of carbonyl (C=O) groups excluding carboxylic acids is 1. The van der Waals surface area contributed by atoms with Crippen molar-refractivity contribution in [3.05, 3.63) is 53.6 Å². The molecule has 0 saturated heterocycles. The van der Waals surface area contributed by atoms with E-state index in [-0.39, 0.29) is 6.54 Å². The lowest BCUT2D eigenvalue weighted by atomic mass is 10.1. The van der Waals surface area contributed by atoms with E-state index in [9.17, 15) is 13.6 Å². The summed E-state index contributed by atoms with van der Waals surface area (Å²) < 4.78 is 27.1. The number of carbonyl (C=O) groups is 1. The number of nitrogens with zero attached hydrogens (tertiary/aromatic N) is 1. The van der Waals surface area contributed by atoms with Crippen LogP contribution in [0.5, 0.6) is 0 Å². The summed E-state index contributed by atoms with van der Waals surface area (Å²) in [5, 5.41) is 5.26. The molecule has 2 aromatic carbocycles. The number of rotatable bonds is 7. The van der Waals surface area contributed by atoms with Crippen LogP contribution in [-0.4, -0.2) is 25.5 Å². The lowest BCUT2D eigenvalue weighted by Gasteiger charge is -2.22. The average molecular weight is 347 g/mol. The molecule has 0 aromatic heterocycles. The summed E-state index contributed by atoms with van der Waals surface area (Å²) in [6.07, 6.45) is 0. The normalized spacial score (nSPS) is 10.4. The molecule has 0 heterocycles. The van der Waals surface area contributed by atoms with Crippen molar-refractivity contribution in [2.24, 2.45) is 0 Å². The molecule has 2 N–H and O–H groups in total. The smallest absolute Gasteiger partial charge is 0.243 e. The second kappa shape index (κ2) is 8.46. The second-order valence-electron chi connectivity index (χ2n) is 5.67. The zero-order valence-electron chi connectivity index (χ0n) is 14.7.